The van der Waals surface area contributed by atoms with Gasteiger partial charge in [-0.05, 0) is 37.0 Å². The summed E-state index contributed by atoms with van der Waals surface area (Å²) in [5.74, 6) is 1.60. The molecule has 1 saturated heterocycles. The molecular formula is C22H26N2O3. The third-order valence-corrected chi connectivity index (χ3v) is 5.82. The molecule has 142 valence electrons. The molecule has 0 bridgehead atoms. The van der Waals surface area contributed by atoms with Gasteiger partial charge in [-0.25, -0.2) is 0 Å². The molecule has 2 heterocycles. The van der Waals surface area contributed by atoms with Crippen molar-refractivity contribution in [2.24, 2.45) is 0 Å². The van der Waals surface area contributed by atoms with Crippen molar-refractivity contribution < 1.29 is 14.3 Å². The van der Waals surface area contributed by atoms with Crippen LogP contribution in [0.4, 0.5) is 0 Å². The van der Waals surface area contributed by atoms with Crippen molar-refractivity contribution in [1.29, 1.82) is 0 Å². The number of hydrogen-bond acceptors (Lipinski definition) is 4. The van der Waals surface area contributed by atoms with Gasteiger partial charge in [0, 0.05) is 30.8 Å². The molecule has 1 N–H and O–H groups in total. The Labute approximate surface area is 160 Å². The average molecular weight is 366 g/mol. The number of carbonyl (C=O) groups is 1. The smallest absolute Gasteiger partial charge is 0.252 e. The first kappa shape index (κ1) is 17.9. The van der Waals surface area contributed by atoms with E-state index in [0.29, 0.717) is 0 Å². The van der Waals surface area contributed by atoms with Crippen LogP contribution in [-0.4, -0.2) is 43.7 Å². The van der Waals surface area contributed by atoms with E-state index < -0.39 is 0 Å². The molecule has 0 aromatic heterocycles. The molecule has 2 aliphatic rings. The van der Waals surface area contributed by atoms with E-state index >= 15 is 0 Å². The molecule has 1 unspecified atom stereocenters. The molecule has 5 nitrogen and oxygen atoms in total. The first-order valence-electron chi connectivity index (χ1n) is 9.47. The standard InChI is InChI=1S/C22H26N2O3/c1-26-19-9-5-7-17(20(19)27-2)14-24-13-12-22(15-24)11-10-16-6-3-4-8-18(16)21(25)23-22/h3-9H,10-15H2,1-2H3,(H,23,25). The van der Waals surface area contributed by atoms with Crippen LogP contribution in [0.15, 0.2) is 42.5 Å². The quantitative estimate of drug-likeness (QED) is 0.904. The molecule has 1 amide bonds. The van der Waals surface area contributed by atoms with Crippen LogP contribution in [0.3, 0.4) is 0 Å². The molecule has 0 aliphatic carbocycles. The molecule has 1 atom stereocenters. The van der Waals surface area contributed by atoms with Crippen LogP contribution >= 0.6 is 0 Å². The molecule has 4 rings (SSSR count). The van der Waals surface area contributed by atoms with E-state index in [1.165, 1.54) is 0 Å². The number of para-hydroxylation sites is 1. The van der Waals surface area contributed by atoms with Gasteiger partial charge < -0.3 is 14.8 Å². The fraction of sp³-hybridized carbons (Fsp3) is 0.409. The minimum atomic E-state index is -0.151. The summed E-state index contributed by atoms with van der Waals surface area (Å²) in [7, 11) is 3.33. The largest absolute Gasteiger partial charge is 0.493 e. The minimum absolute atomic E-state index is 0.0592. The molecule has 0 radical (unpaired) electrons. The fourth-order valence-corrected chi connectivity index (χ4v) is 4.42. The minimum Gasteiger partial charge on any atom is -0.493 e. The number of nitrogens with zero attached hydrogens (tertiary/aromatic N) is 1. The number of ether oxygens (including phenoxy) is 2. The monoisotopic (exact) mass is 366 g/mol. The Morgan fingerprint density at radius 2 is 1.93 bits per heavy atom. The summed E-state index contributed by atoms with van der Waals surface area (Å²) in [5, 5.41) is 3.34. The molecule has 27 heavy (non-hydrogen) atoms. The lowest BCUT2D eigenvalue weighted by atomic mass is 9.91. The number of hydrogen-bond donors (Lipinski definition) is 1. The van der Waals surface area contributed by atoms with Crippen LogP contribution in [0.2, 0.25) is 0 Å². The highest BCUT2D eigenvalue weighted by molar-refractivity contribution is 5.96. The highest BCUT2D eigenvalue weighted by atomic mass is 16.5. The molecule has 2 aromatic carbocycles. The summed E-state index contributed by atoms with van der Waals surface area (Å²) in [6.45, 7) is 2.59. The molecule has 1 fully saturated rings. The van der Waals surface area contributed by atoms with E-state index in [1.807, 2.05) is 30.3 Å². The number of nitrogens with one attached hydrogen (secondary N) is 1. The predicted octanol–water partition coefficient (Wildman–Crippen LogP) is 3.02. The highest BCUT2D eigenvalue weighted by Gasteiger charge is 2.41. The molecular weight excluding hydrogens is 340 g/mol. The molecule has 2 aromatic rings. The van der Waals surface area contributed by atoms with E-state index in [2.05, 4.69) is 22.3 Å². The maximum absolute atomic E-state index is 12.7. The van der Waals surface area contributed by atoms with Crippen molar-refractivity contribution in [3.8, 4) is 11.5 Å². The first-order chi connectivity index (χ1) is 13.1. The lowest BCUT2D eigenvalue weighted by molar-refractivity contribution is 0.0902. The van der Waals surface area contributed by atoms with Gasteiger partial charge >= 0.3 is 0 Å². The topological polar surface area (TPSA) is 50.8 Å². The zero-order valence-corrected chi connectivity index (χ0v) is 16.0. The summed E-state index contributed by atoms with van der Waals surface area (Å²) in [5.41, 5.74) is 2.93. The van der Waals surface area contributed by atoms with Crippen molar-refractivity contribution in [2.75, 3.05) is 27.3 Å². The van der Waals surface area contributed by atoms with Crippen LogP contribution < -0.4 is 14.8 Å². The molecule has 1 spiro atoms. The van der Waals surface area contributed by atoms with Gasteiger partial charge in [0.05, 0.1) is 19.8 Å². The molecule has 5 heteroatoms. The van der Waals surface area contributed by atoms with Crippen molar-refractivity contribution in [3.05, 3.63) is 59.2 Å². The lowest BCUT2D eigenvalue weighted by Gasteiger charge is -2.29. The number of methoxy groups -OCH3 is 2. The van der Waals surface area contributed by atoms with Crippen LogP contribution in [0, 0.1) is 0 Å². The zero-order chi connectivity index (χ0) is 18.9. The number of rotatable bonds is 4. The first-order valence-corrected chi connectivity index (χ1v) is 9.47. The third kappa shape index (κ3) is 3.39. The third-order valence-electron chi connectivity index (χ3n) is 5.82. The number of aryl methyl sites for hydroxylation is 1. The predicted molar refractivity (Wildman–Crippen MR) is 104 cm³/mol. The van der Waals surface area contributed by atoms with E-state index in [9.17, 15) is 4.79 Å². The number of likely N-dealkylation sites (tertiary alicyclic amines) is 1. The van der Waals surface area contributed by atoms with Gasteiger partial charge in [0.2, 0.25) is 0 Å². The van der Waals surface area contributed by atoms with Crippen LogP contribution in [-0.2, 0) is 13.0 Å². The van der Waals surface area contributed by atoms with E-state index in [4.69, 9.17) is 9.47 Å². The van der Waals surface area contributed by atoms with E-state index in [1.54, 1.807) is 14.2 Å². The van der Waals surface area contributed by atoms with E-state index in [-0.39, 0.29) is 11.4 Å². The van der Waals surface area contributed by atoms with Crippen LogP contribution in [0.25, 0.3) is 0 Å². The number of amides is 1. The summed E-state index contributed by atoms with van der Waals surface area (Å²) in [6.07, 6.45) is 2.88. The second kappa shape index (κ2) is 7.24. The van der Waals surface area contributed by atoms with Crippen LogP contribution in [0.5, 0.6) is 11.5 Å². The Morgan fingerprint density at radius 3 is 2.74 bits per heavy atom. The Kier molecular flexibility index (Phi) is 4.79. The van der Waals surface area contributed by atoms with E-state index in [0.717, 1.165) is 67.1 Å². The normalized spacial score (nSPS) is 22.2. The van der Waals surface area contributed by atoms with Gasteiger partial charge in [0.25, 0.3) is 5.91 Å². The Balaban J connectivity index is 1.50. The Morgan fingerprint density at radius 1 is 1.07 bits per heavy atom. The van der Waals surface area contributed by atoms with Gasteiger partial charge in [-0.15, -0.1) is 0 Å². The fourth-order valence-electron chi connectivity index (χ4n) is 4.42. The SMILES string of the molecule is COc1cccc(CN2CCC3(CCc4ccccc4C(=O)N3)C2)c1OC. The summed E-state index contributed by atoms with van der Waals surface area (Å²) >= 11 is 0. The number of carbonyl (C=O) groups excluding carboxylic acids is 1. The lowest BCUT2D eigenvalue weighted by Crippen LogP contribution is -2.49. The summed E-state index contributed by atoms with van der Waals surface area (Å²) in [4.78, 5) is 15.1. The maximum atomic E-state index is 12.7. The Hall–Kier alpha value is -2.53. The molecule has 0 saturated carbocycles. The highest BCUT2D eigenvalue weighted by Crippen LogP contribution is 2.35. The number of fused-ring (bicyclic) bond motifs is 1. The van der Waals surface area contributed by atoms with Gasteiger partial charge in [-0.2, -0.15) is 0 Å². The summed E-state index contributed by atoms with van der Waals surface area (Å²) in [6, 6.07) is 13.9. The van der Waals surface area contributed by atoms with Gasteiger partial charge in [0.15, 0.2) is 11.5 Å². The molecule has 2 aliphatic heterocycles. The Bertz CT molecular complexity index is 851. The van der Waals surface area contributed by atoms with Gasteiger partial charge in [-0.3, -0.25) is 9.69 Å². The number of benzene rings is 2. The maximum Gasteiger partial charge on any atom is 0.252 e. The van der Waals surface area contributed by atoms with Crippen molar-refractivity contribution >= 4 is 5.91 Å². The van der Waals surface area contributed by atoms with Crippen LogP contribution in [0.1, 0.15) is 34.3 Å². The van der Waals surface area contributed by atoms with Gasteiger partial charge in [0.1, 0.15) is 0 Å². The van der Waals surface area contributed by atoms with Crippen molar-refractivity contribution in [1.82, 2.24) is 10.2 Å². The van der Waals surface area contributed by atoms with Crippen molar-refractivity contribution in [2.45, 2.75) is 31.3 Å². The second-order valence-electron chi connectivity index (χ2n) is 7.50. The summed E-state index contributed by atoms with van der Waals surface area (Å²) < 4.78 is 11.0. The second-order valence-corrected chi connectivity index (χ2v) is 7.50. The van der Waals surface area contributed by atoms with Crippen molar-refractivity contribution in [3.63, 3.8) is 0 Å². The zero-order valence-electron chi connectivity index (χ0n) is 16.0. The average Bonchev–Trinajstić information content (AvgIpc) is 3.02. The van der Waals surface area contributed by atoms with Gasteiger partial charge in [-0.1, -0.05) is 30.3 Å².